The zero-order valence-electron chi connectivity index (χ0n) is 20.3. The molecule has 9 nitrogen and oxygen atoms in total. The average Bonchev–Trinajstić information content (AvgIpc) is 2.84. The highest BCUT2D eigenvalue weighted by molar-refractivity contribution is 8.14. The molecule has 1 unspecified atom stereocenters. The van der Waals surface area contributed by atoms with Gasteiger partial charge in [0.05, 0.1) is 4.92 Å². The molecule has 0 saturated carbocycles. The van der Waals surface area contributed by atoms with Crippen LogP contribution in [0.3, 0.4) is 0 Å². The second-order valence-corrected chi connectivity index (χ2v) is 9.41. The van der Waals surface area contributed by atoms with Gasteiger partial charge in [0.2, 0.25) is 5.17 Å². The van der Waals surface area contributed by atoms with E-state index in [9.17, 15) is 14.9 Å². The van der Waals surface area contributed by atoms with Gasteiger partial charge in [-0.25, -0.2) is 0 Å². The lowest BCUT2D eigenvalue weighted by Crippen LogP contribution is -2.47. The molecule has 1 amide bonds. The van der Waals surface area contributed by atoms with Crippen molar-refractivity contribution in [3.63, 3.8) is 0 Å². The van der Waals surface area contributed by atoms with E-state index in [-0.39, 0.29) is 11.4 Å². The maximum atomic E-state index is 12.9. The molecule has 1 heterocycles. The lowest BCUT2D eigenvalue weighted by molar-refractivity contribution is -0.386. The van der Waals surface area contributed by atoms with Crippen LogP contribution in [0.25, 0.3) is 0 Å². The molecule has 0 aliphatic carbocycles. The van der Waals surface area contributed by atoms with Crippen molar-refractivity contribution in [2.24, 2.45) is 10.2 Å². The summed E-state index contributed by atoms with van der Waals surface area (Å²) in [6.45, 7) is 4.11. The molecule has 1 atom stereocenters. The summed E-state index contributed by atoms with van der Waals surface area (Å²) in [5, 5.41) is 19.8. The van der Waals surface area contributed by atoms with Crippen LogP contribution in [0.1, 0.15) is 84.5 Å². The van der Waals surface area contributed by atoms with Crippen LogP contribution in [0.15, 0.2) is 34.5 Å². The third kappa shape index (κ3) is 10.5. The number of hydrazine groups is 1. The molecular formula is C24H37N5O4S. The van der Waals surface area contributed by atoms with Crippen LogP contribution in [0.4, 0.5) is 5.69 Å². The van der Waals surface area contributed by atoms with Crippen LogP contribution in [0.2, 0.25) is 0 Å². The number of carbonyl (C=O) groups is 1. The number of rotatable bonds is 15. The van der Waals surface area contributed by atoms with Gasteiger partial charge in [0.15, 0.2) is 11.9 Å². The monoisotopic (exact) mass is 491 g/mol. The van der Waals surface area contributed by atoms with E-state index in [1.807, 2.05) is 6.92 Å². The number of unbranched alkanes of at least 4 members (excludes halogenated alkanes) is 9. The maximum absolute atomic E-state index is 12.9. The highest BCUT2D eigenvalue weighted by Gasteiger charge is 2.24. The van der Waals surface area contributed by atoms with Crippen LogP contribution in [0.5, 0.6) is 5.75 Å². The molecule has 0 spiro atoms. The quantitative estimate of drug-likeness (QED) is 0.183. The molecule has 1 aromatic carbocycles. The molecule has 2 N–H and O–H groups in total. The van der Waals surface area contributed by atoms with Gasteiger partial charge in [0.1, 0.15) is 0 Å². The van der Waals surface area contributed by atoms with Gasteiger partial charge in [0.25, 0.3) is 5.91 Å². The normalized spacial score (nSPS) is 14.1. The number of nitro benzene ring substituents is 1. The molecule has 0 fully saturated rings. The number of hydrogen-bond donors (Lipinski definition) is 2. The Morgan fingerprint density at radius 2 is 1.74 bits per heavy atom. The Bertz CT molecular complexity index is 846. The largest absolute Gasteiger partial charge is 0.473 e. The van der Waals surface area contributed by atoms with Gasteiger partial charge in [-0.15, -0.1) is 5.10 Å². The van der Waals surface area contributed by atoms with Crippen LogP contribution in [-0.4, -0.2) is 33.6 Å². The van der Waals surface area contributed by atoms with Crippen molar-refractivity contribution in [3.05, 3.63) is 34.4 Å². The highest BCUT2D eigenvalue weighted by atomic mass is 32.2. The first-order valence-corrected chi connectivity index (χ1v) is 13.2. The molecule has 2 rings (SSSR count). The first-order chi connectivity index (χ1) is 16.5. The van der Waals surface area contributed by atoms with Crippen LogP contribution >= 0.6 is 11.8 Å². The SMILES string of the molecule is CCCCCCCCCCCCC(Oc1ccccc1[N+](=O)[O-])C(=O)NNC1=NN=C(C)CS1. The summed E-state index contributed by atoms with van der Waals surface area (Å²) in [5.41, 5.74) is 6.14. The van der Waals surface area contributed by atoms with Gasteiger partial charge in [0, 0.05) is 17.5 Å². The first kappa shape index (κ1) is 27.6. The molecule has 1 aliphatic heterocycles. The van der Waals surface area contributed by atoms with Crippen molar-refractivity contribution >= 4 is 34.2 Å². The number of nitro groups is 1. The fraction of sp³-hybridized carbons (Fsp3) is 0.625. The number of hydrogen-bond acceptors (Lipinski definition) is 8. The standard InChI is InChI=1S/C24H37N5O4S/c1-3-4-5-6-7-8-9-10-11-12-17-22(33-21-16-14-13-15-20(21)29(31)32)23(30)26-28-24-27-25-19(2)18-34-24/h13-16,22H,3-12,17-18H2,1-2H3,(H,26,30)(H,27,28). The third-order valence-electron chi connectivity index (χ3n) is 5.47. The van der Waals surface area contributed by atoms with E-state index in [4.69, 9.17) is 4.74 Å². The summed E-state index contributed by atoms with van der Waals surface area (Å²) in [4.78, 5) is 23.7. The minimum atomic E-state index is -0.859. The minimum absolute atomic E-state index is 0.0873. The van der Waals surface area contributed by atoms with E-state index in [1.165, 1.54) is 68.8 Å². The Hall–Kier alpha value is -2.62. The Morgan fingerprint density at radius 3 is 2.35 bits per heavy atom. The molecule has 34 heavy (non-hydrogen) atoms. The Kier molecular flexibility index (Phi) is 13.1. The van der Waals surface area contributed by atoms with E-state index in [2.05, 4.69) is 28.0 Å². The number of carbonyl (C=O) groups excluding carboxylic acids is 1. The smallest absolute Gasteiger partial charge is 0.310 e. The Balaban J connectivity index is 1.86. The second-order valence-electron chi connectivity index (χ2n) is 8.45. The Labute approximate surface area is 206 Å². The van der Waals surface area contributed by atoms with Crippen LogP contribution < -0.4 is 15.6 Å². The van der Waals surface area contributed by atoms with Crippen molar-refractivity contribution in [3.8, 4) is 5.75 Å². The zero-order chi connectivity index (χ0) is 24.6. The molecular weight excluding hydrogens is 454 g/mol. The summed E-state index contributed by atoms with van der Waals surface area (Å²) in [6.07, 6.45) is 11.4. The third-order valence-corrected chi connectivity index (χ3v) is 6.48. The highest BCUT2D eigenvalue weighted by Crippen LogP contribution is 2.28. The van der Waals surface area contributed by atoms with Crippen molar-refractivity contribution in [1.29, 1.82) is 0 Å². The van der Waals surface area contributed by atoms with Gasteiger partial charge >= 0.3 is 5.69 Å². The number of thioether (sulfide) groups is 1. The Morgan fingerprint density at radius 1 is 1.09 bits per heavy atom. The predicted molar refractivity (Wildman–Crippen MR) is 138 cm³/mol. The maximum Gasteiger partial charge on any atom is 0.310 e. The number of nitrogens with zero attached hydrogens (tertiary/aromatic N) is 3. The summed E-state index contributed by atoms with van der Waals surface area (Å²) in [6, 6.07) is 6.12. The summed E-state index contributed by atoms with van der Waals surface area (Å²) in [7, 11) is 0. The summed E-state index contributed by atoms with van der Waals surface area (Å²) < 4.78 is 5.84. The van der Waals surface area contributed by atoms with Gasteiger partial charge in [-0.05, 0) is 25.8 Å². The molecule has 0 radical (unpaired) electrons. The second kappa shape index (κ2) is 16.1. The van der Waals surface area contributed by atoms with E-state index < -0.39 is 16.9 Å². The first-order valence-electron chi connectivity index (χ1n) is 12.2. The van der Waals surface area contributed by atoms with Gasteiger partial charge in [-0.3, -0.25) is 25.8 Å². The topological polar surface area (TPSA) is 118 Å². The molecule has 1 aromatic rings. The molecule has 0 saturated heterocycles. The number of amides is 1. The molecule has 188 valence electrons. The lowest BCUT2D eigenvalue weighted by Gasteiger charge is -2.20. The van der Waals surface area contributed by atoms with Crippen LogP contribution in [-0.2, 0) is 4.79 Å². The van der Waals surface area contributed by atoms with E-state index in [1.54, 1.807) is 12.1 Å². The molecule has 0 aromatic heterocycles. The number of amidine groups is 1. The number of nitrogens with one attached hydrogen (secondary N) is 2. The summed E-state index contributed by atoms with van der Waals surface area (Å²) in [5.74, 6) is 0.379. The average molecular weight is 492 g/mol. The molecule has 0 bridgehead atoms. The van der Waals surface area contributed by atoms with Crippen LogP contribution in [0, 0.1) is 10.1 Å². The van der Waals surface area contributed by atoms with E-state index in [0.717, 1.165) is 25.0 Å². The molecule has 1 aliphatic rings. The molecule has 10 heteroatoms. The number of ether oxygens (including phenoxy) is 1. The van der Waals surface area contributed by atoms with Gasteiger partial charge in [-0.1, -0.05) is 88.6 Å². The van der Waals surface area contributed by atoms with Crippen molar-refractivity contribution < 1.29 is 14.5 Å². The minimum Gasteiger partial charge on any atom is -0.473 e. The van der Waals surface area contributed by atoms with Gasteiger partial charge in [-0.2, -0.15) is 5.10 Å². The van der Waals surface area contributed by atoms with E-state index in [0.29, 0.717) is 17.3 Å². The number of benzene rings is 1. The van der Waals surface area contributed by atoms with E-state index >= 15 is 0 Å². The zero-order valence-corrected chi connectivity index (χ0v) is 21.1. The van der Waals surface area contributed by atoms with Crippen molar-refractivity contribution in [2.45, 2.75) is 90.6 Å². The number of para-hydroxylation sites is 2. The fourth-order valence-corrected chi connectivity index (χ4v) is 4.16. The summed E-state index contributed by atoms with van der Waals surface area (Å²) >= 11 is 1.43. The predicted octanol–water partition coefficient (Wildman–Crippen LogP) is 5.75. The van der Waals surface area contributed by atoms with Crippen molar-refractivity contribution in [2.75, 3.05) is 5.75 Å². The lowest BCUT2D eigenvalue weighted by atomic mass is 10.0. The van der Waals surface area contributed by atoms with Crippen molar-refractivity contribution in [1.82, 2.24) is 10.9 Å². The van der Waals surface area contributed by atoms with Gasteiger partial charge < -0.3 is 4.74 Å². The fourth-order valence-electron chi connectivity index (χ4n) is 3.54.